The number of benzene rings is 2. The number of ether oxygens (including phenoxy) is 1. The number of amides is 2. The fraction of sp³-hybridized carbons (Fsp3) is 0.263. The molecule has 1 aliphatic rings. The zero-order valence-electron chi connectivity index (χ0n) is 13.9. The summed E-state index contributed by atoms with van der Waals surface area (Å²) in [6.07, 6.45) is 0.238. The molecule has 1 heterocycles. The Morgan fingerprint density at radius 3 is 2.76 bits per heavy atom. The van der Waals surface area contributed by atoms with Gasteiger partial charge in [-0.15, -0.1) is 0 Å². The largest absolute Gasteiger partial charge is 0.491 e. The van der Waals surface area contributed by atoms with Crippen LogP contribution in [0.25, 0.3) is 0 Å². The molecule has 130 valence electrons. The monoisotopic (exact) mass is 358 g/mol. The van der Waals surface area contributed by atoms with Crippen LogP contribution in [0.3, 0.4) is 0 Å². The molecule has 5 nitrogen and oxygen atoms in total. The summed E-state index contributed by atoms with van der Waals surface area (Å²) in [4.78, 5) is 26.3. The van der Waals surface area contributed by atoms with Gasteiger partial charge in [0.05, 0.1) is 24.8 Å². The first kappa shape index (κ1) is 17.3. The van der Waals surface area contributed by atoms with Crippen molar-refractivity contribution in [3.63, 3.8) is 0 Å². The number of anilines is 1. The molecule has 2 aromatic rings. The van der Waals surface area contributed by atoms with E-state index in [1.165, 1.54) is 4.90 Å². The van der Waals surface area contributed by atoms with Crippen LogP contribution in [0.1, 0.15) is 24.9 Å². The molecule has 6 heteroatoms. The third-order valence-corrected chi connectivity index (χ3v) is 4.43. The molecular formula is C19H19ClN2O3. The molecule has 0 aromatic heterocycles. The van der Waals surface area contributed by atoms with Crippen molar-refractivity contribution in [2.45, 2.75) is 19.4 Å². The lowest BCUT2D eigenvalue weighted by Gasteiger charge is -2.23. The highest BCUT2D eigenvalue weighted by Gasteiger charge is 2.25. The van der Waals surface area contributed by atoms with Crippen LogP contribution in [0.2, 0.25) is 5.02 Å². The Morgan fingerprint density at radius 1 is 1.24 bits per heavy atom. The number of carbonyl (C=O) groups is 2. The zero-order valence-corrected chi connectivity index (χ0v) is 14.6. The molecule has 0 fully saturated rings. The van der Waals surface area contributed by atoms with E-state index in [9.17, 15) is 9.59 Å². The number of halogens is 1. The van der Waals surface area contributed by atoms with Crippen molar-refractivity contribution in [3.05, 3.63) is 59.1 Å². The molecule has 0 saturated heterocycles. The Bertz CT molecular complexity index is 794. The molecule has 3 rings (SSSR count). The van der Waals surface area contributed by atoms with E-state index < -0.39 is 0 Å². The first-order valence-electron chi connectivity index (χ1n) is 8.12. The average molecular weight is 359 g/mol. The lowest BCUT2D eigenvalue weighted by atomic mass is 10.1. The maximum atomic E-state index is 12.5. The topological polar surface area (TPSA) is 58.6 Å². The number of rotatable bonds is 4. The van der Waals surface area contributed by atoms with E-state index in [4.69, 9.17) is 16.3 Å². The molecule has 25 heavy (non-hydrogen) atoms. The normalized spacial score (nSPS) is 15.0. The van der Waals surface area contributed by atoms with Crippen molar-refractivity contribution in [2.24, 2.45) is 0 Å². The van der Waals surface area contributed by atoms with Gasteiger partial charge in [-0.25, -0.2) is 0 Å². The van der Waals surface area contributed by atoms with Gasteiger partial charge in [-0.1, -0.05) is 41.9 Å². The van der Waals surface area contributed by atoms with E-state index in [2.05, 4.69) is 5.32 Å². The van der Waals surface area contributed by atoms with Gasteiger partial charge >= 0.3 is 0 Å². The Hall–Kier alpha value is -2.53. The maximum absolute atomic E-state index is 12.5. The van der Waals surface area contributed by atoms with Gasteiger partial charge in [0.25, 0.3) is 0 Å². The number of nitrogens with zero attached hydrogens (tertiary/aromatic N) is 1. The predicted molar refractivity (Wildman–Crippen MR) is 96.9 cm³/mol. The van der Waals surface area contributed by atoms with Crippen molar-refractivity contribution < 1.29 is 14.3 Å². The SMILES string of the molecule is CC(NC(=O)CN1C(=O)CCOc2ccccc21)c1ccccc1Cl. The minimum atomic E-state index is -0.255. The van der Waals surface area contributed by atoms with Crippen molar-refractivity contribution in [2.75, 3.05) is 18.1 Å². The van der Waals surface area contributed by atoms with Gasteiger partial charge in [-0.05, 0) is 30.7 Å². The Kier molecular flexibility index (Phi) is 5.24. The van der Waals surface area contributed by atoms with Crippen molar-refractivity contribution in [1.29, 1.82) is 0 Å². The second-order valence-electron chi connectivity index (χ2n) is 5.86. The Morgan fingerprint density at radius 2 is 1.96 bits per heavy atom. The van der Waals surface area contributed by atoms with Gasteiger partial charge in [0.15, 0.2) is 0 Å². The molecule has 1 unspecified atom stereocenters. The van der Waals surface area contributed by atoms with E-state index in [-0.39, 0.29) is 30.8 Å². The zero-order chi connectivity index (χ0) is 17.8. The number of hydrogen-bond donors (Lipinski definition) is 1. The highest BCUT2D eigenvalue weighted by molar-refractivity contribution is 6.31. The molecule has 0 spiro atoms. The van der Waals surface area contributed by atoms with Crippen LogP contribution in [0.5, 0.6) is 5.75 Å². The van der Waals surface area contributed by atoms with Crippen LogP contribution >= 0.6 is 11.6 Å². The van der Waals surface area contributed by atoms with Crippen LogP contribution < -0.4 is 15.0 Å². The highest BCUT2D eigenvalue weighted by atomic mass is 35.5. The smallest absolute Gasteiger partial charge is 0.240 e. The first-order chi connectivity index (χ1) is 12.1. The third-order valence-electron chi connectivity index (χ3n) is 4.08. The van der Waals surface area contributed by atoms with E-state index in [1.54, 1.807) is 18.2 Å². The number of hydrogen-bond acceptors (Lipinski definition) is 3. The van der Waals surface area contributed by atoms with Crippen LogP contribution in [-0.4, -0.2) is 25.0 Å². The molecular weight excluding hydrogens is 340 g/mol. The summed E-state index contributed by atoms with van der Waals surface area (Å²) in [5.74, 6) is 0.225. The fourth-order valence-electron chi connectivity index (χ4n) is 2.83. The van der Waals surface area contributed by atoms with Crippen LogP contribution in [-0.2, 0) is 9.59 Å². The summed E-state index contributed by atoms with van der Waals surface area (Å²) in [6, 6.07) is 14.3. The molecule has 0 bridgehead atoms. The van der Waals surface area contributed by atoms with E-state index >= 15 is 0 Å². The quantitative estimate of drug-likeness (QED) is 0.912. The second-order valence-corrected chi connectivity index (χ2v) is 6.26. The molecule has 2 amide bonds. The summed E-state index contributed by atoms with van der Waals surface area (Å²) in [5.41, 5.74) is 1.45. The summed E-state index contributed by atoms with van der Waals surface area (Å²) in [6.45, 7) is 2.11. The third kappa shape index (κ3) is 3.94. The summed E-state index contributed by atoms with van der Waals surface area (Å²) in [5, 5.41) is 3.50. The van der Waals surface area contributed by atoms with E-state index in [0.717, 1.165) is 5.56 Å². The lowest BCUT2D eigenvalue weighted by Crippen LogP contribution is -2.41. The van der Waals surface area contributed by atoms with Gasteiger partial charge in [-0.3, -0.25) is 14.5 Å². The molecule has 1 atom stereocenters. The standard InChI is InChI=1S/C19H19ClN2O3/c1-13(14-6-2-3-7-15(14)20)21-18(23)12-22-16-8-4-5-9-17(16)25-11-10-19(22)24/h2-9,13H,10-12H2,1H3,(H,21,23). The predicted octanol–water partition coefficient (Wildman–Crippen LogP) is 3.33. The first-order valence-corrected chi connectivity index (χ1v) is 8.50. The molecule has 1 aliphatic heterocycles. The van der Waals surface area contributed by atoms with E-state index in [0.29, 0.717) is 23.1 Å². The lowest BCUT2D eigenvalue weighted by molar-refractivity contribution is -0.124. The summed E-state index contributed by atoms with van der Waals surface area (Å²) < 4.78 is 5.59. The Labute approximate surface area is 151 Å². The number of carbonyl (C=O) groups excluding carboxylic acids is 2. The molecule has 0 radical (unpaired) electrons. The van der Waals surface area contributed by atoms with Crippen molar-refractivity contribution in [1.82, 2.24) is 5.32 Å². The average Bonchev–Trinajstić information content (AvgIpc) is 2.75. The molecule has 2 aromatic carbocycles. The molecule has 1 N–H and O–H groups in total. The van der Waals surface area contributed by atoms with Gasteiger partial charge in [0, 0.05) is 5.02 Å². The summed E-state index contributed by atoms with van der Waals surface area (Å²) in [7, 11) is 0. The van der Waals surface area contributed by atoms with Crippen molar-refractivity contribution >= 4 is 29.1 Å². The minimum Gasteiger partial charge on any atom is -0.491 e. The number of nitrogens with one attached hydrogen (secondary N) is 1. The van der Waals surface area contributed by atoms with Crippen LogP contribution in [0.15, 0.2) is 48.5 Å². The molecule has 0 aliphatic carbocycles. The van der Waals surface area contributed by atoms with E-state index in [1.807, 2.05) is 37.3 Å². The number of fused-ring (bicyclic) bond motifs is 1. The molecule has 0 saturated carbocycles. The van der Waals surface area contributed by atoms with Gasteiger partial charge < -0.3 is 10.1 Å². The second kappa shape index (κ2) is 7.57. The van der Waals surface area contributed by atoms with Gasteiger partial charge in [-0.2, -0.15) is 0 Å². The fourth-order valence-corrected chi connectivity index (χ4v) is 3.13. The van der Waals surface area contributed by atoms with Crippen molar-refractivity contribution in [3.8, 4) is 5.75 Å². The minimum absolute atomic E-state index is 0.0615. The van der Waals surface area contributed by atoms with Crippen LogP contribution in [0.4, 0.5) is 5.69 Å². The highest BCUT2D eigenvalue weighted by Crippen LogP contribution is 2.31. The van der Waals surface area contributed by atoms with Gasteiger partial charge in [0.1, 0.15) is 12.3 Å². The maximum Gasteiger partial charge on any atom is 0.240 e. The van der Waals surface area contributed by atoms with Crippen LogP contribution in [0, 0.1) is 0 Å². The van der Waals surface area contributed by atoms with Gasteiger partial charge in [0.2, 0.25) is 11.8 Å². The summed E-state index contributed by atoms with van der Waals surface area (Å²) >= 11 is 6.17. The number of para-hydroxylation sites is 2. The Balaban J connectivity index is 1.74.